The Morgan fingerprint density at radius 3 is 2.40 bits per heavy atom. The second kappa shape index (κ2) is 7.94. The Bertz CT molecular complexity index is 181. The van der Waals surface area contributed by atoms with Gasteiger partial charge in [0.25, 0.3) is 0 Å². The monoisotopic (exact) mass is 235 g/mol. The Morgan fingerprint density at radius 2 is 1.93 bits per heavy atom. The molecule has 1 fully saturated rings. The number of hydrogen-bond acceptors (Lipinski definition) is 3. The van der Waals surface area contributed by atoms with E-state index in [0.717, 1.165) is 19.5 Å². The molecule has 3 nitrogen and oxygen atoms in total. The summed E-state index contributed by atoms with van der Waals surface area (Å²) in [5.74, 6) is -0.0811. The lowest BCUT2D eigenvalue weighted by Gasteiger charge is -2.33. The summed E-state index contributed by atoms with van der Waals surface area (Å²) >= 11 is 0. The molecule has 0 aliphatic carbocycles. The van der Waals surface area contributed by atoms with Gasteiger partial charge in [-0.25, -0.2) is 0 Å². The molecular weight excluding hydrogens is 214 g/mol. The smallest absolute Gasteiger partial charge is 0.307 e. The van der Waals surface area contributed by atoms with Crippen LogP contribution in [0.4, 0.5) is 0 Å². The Hall–Kier alpha value is -0.280. The first kappa shape index (κ1) is 14.7. The van der Waals surface area contributed by atoms with Gasteiger partial charge in [-0.2, -0.15) is 0 Å². The molecule has 90 valence electrons. The molecule has 0 spiro atoms. The van der Waals surface area contributed by atoms with Gasteiger partial charge in [0.2, 0.25) is 0 Å². The maximum Gasteiger partial charge on any atom is 0.307 e. The highest BCUT2D eigenvalue weighted by Gasteiger charge is 2.21. The van der Waals surface area contributed by atoms with Crippen molar-refractivity contribution in [2.75, 3.05) is 20.2 Å². The largest absolute Gasteiger partial charge is 0.469 e. The molecule has 1 rings (SSSR count). The van der Waals surface area contributed by atoms with Crippen molar-refractivity contribution in [2.45, 2.75) is 45.1 Å². The summed E-state index contributed by atoms with van der Waals surface area (Å²) in [6.45, 7) is 4.44. The molecule has 0 aromatic rings. The SMILES string of the molecule is CCC(CC(=O)OC)N1CCCCC1.Cl. The van der Waals surface area contributed by atoms with Gasteiger partial charge in [0.05, 0.1) is 13.5 Å². The molecule has 1 unspecified atom stereocenters. The summed E-state index contributed by atoms with van der Waals surface area (Å²) < 4.78 is 4.71. The number of methoxy groups -OCH3 is 1. The molecule has 0 saturated carbocycles. The van der Waals surface area contributed by atoms with E-state index < -0.39 is 0 Å². The van der Waals surface area contributed by atoms with E-state index in [9.17, 15) is 4.79 Å². The zero-order valence-corrected chi connectivity index (χ0v) is 10.5. The second-order valence-corrected chi connectivity index (χ2v) is 3.94. The lowest BCUT2D eigenvalue weighted by Crippen LogP contribution is -2.40. The molecule has 1 atom stereocenters. The van der Waals surface area contributed by atoms with Gasteiger partial charge in [0.1, 0.15) is 0 Å². The van der Waals surface area contributed by atoms with Crippen molar-refractivity contribution < 1.29 is 9.53 Å². The zero-order chi connectivity index (χ0) is 10.4. The van der Waals surface area contributed by atoms with Crippen LogP contribution in [0.3, 0.4) is 0 Å². The first-order valence-corrected chi connectivity index (χ1v) is 5.58. The van der Waals surface area contributed by atoms with E-state index in [1.165, 1.54) is 26.4 Å². The van der Waals surface area contributed by atoms with Crippen molar-refractivity contribution in [1.29, 1.82) is 0 Å². The predicted octanol–water partition coefficient (Wildman–Crippen LogP) is 2.24. The highest BCUT2D eigenvalue weighted by molar-refractivity contribution is 5.85. The fourth-order valence-corrected chi connectivity index (χ4v) is 2.09. The number of esters is 1. The van der Waals surface area contributed by atoms with E-state index in [1.807, 2.05) is 0 Å². The fraction of sp³-hybridized carbons (Fsp3) is 0.909. The van der Waals surface area contributed by atoms with Gasteiger partial charge in [-0.05, 0) is 32.4 Å². The average Bonchev–Trinajstić information content (AvgIpc) is 2.26. The summed E-state index contributed by atoms with van der Waals surface area (Å²) in [6, 6.07) is 0.391. The van der Waals surface area contributed by atoms with Crippen LogP contribution in [0.1, 0.15) is 39.0 Å². The molecule has 1 saturated heterocycles. The van der Waals surface area contributed by atoms with E-state index in [4.69, 9.17) is 4.74 Å². The van der Waals surface area contributed by atoms with E-state index >= 15 is 0 Å². The molecule has 1 aliphatic rings. The Labute approximate surface area is 98.6 Å². The summed E-state index contributed by atoms with van der Waals surface area (Å²) in [7, 11) is 1.46. The molecule has 0 N–H and O–H groups in total. The highest BCUT2D eigenvalue weighted by Crippen LogP contribution is 2.16. The minimum atomic E-state index is -0.0811. The highest BCUT2D eigenvalue weighted by atomic mass is 35.5. The molecule has 1 aliphatic heterocycles. The molecule has 0 aromatic carbocycles. The summed E-state index contributed by atoms with van der Waals surface area (Å²) in [6.07, 6.45) is 5.47. The second-order valence-electron chi connectivity index (χ2n) is 3.94. The van der Waals surface area contributed by atoms with Crippen LogP contribution < -0.4 is 0 Å². The third kappa shape index (κ3) is 4.85. The number of rotatable bonds is 4. The van der Waals surface area contributed by atoms with Gasteiger partial charge in [0.15, 0.2) is 0 Å². The normalized spacial score (nSPS) is 19.1. The first-order chi connectivity index (χ1) is 6.77. The van der Waals surface area contributed by atoms with Crippen LogP contribution in [-0.2, 0) is 9.53 Å². The number of piperidine rings is 1. The number of likely N-dealkylation sites (tertiary alicyclic amines) is 1. The van der Waals surface area contributed by atoms with E-state index in [1.54, 1.807) is 0 Å². The van der Waals surface area contributed by atoms with Crippen LogP contribution in [0.15, 0.2) is 0 Å². The van der Waals surface area contributed by atoms with Crippen molar-refractivity contribution in [3.63, 3.8) is 0 Å². The summed E-state index contributed by atoms with van der Waals surface area (Å²) in [5, 5.41) is 0. The standard InChI is InChI=1S/C11H21NO2.ClH/c1-3-10(9-11(13)14-2)12-7-5-4-6-8-12;/h10H,3-9H2,1-2H3;1H. The van der Waals surface area contributed by atoms with Crippen molar-refractivity contribution in [2.24, 2.45) is 0 Å². The van der Waals surface area contributed by atoms with Gasteiger partial charge in [-0.3, -0.25) is 9.69 Å². The van der Waals surface area contributed by atoms with E-state index in [0.29, 0.717) is 12.5 Å². The van der Waals surface area contributed by atoms with Gasteiger partial charge in [0, 0.05) is 6.04 Å². The third-order valence-electron chi connectivity index (χ3n) is 3.01. The molecule has 0 aromatic heterocycles. The molecule has 0 amide bonds. The van der Waals surface area contributed by atoms with Crippen LogP contribution in [0.25, 0.3) is 0 Å². The first-order valence-electron chi connectivity index (χ1n) is 5.58. The van der Waals surface area contributed by atoms with E-state index in [-0.39, 0.29) is 18.4 Å². The van der Waals surface area contributed by atoms with Crippen molar-refractivity contribution >= 4 is 18.4 Å². The minimum Gasteiger partial charge on any atom is -0.469 e. The average molecular weight is 236 g/mol. The Morgan fingerprint density at radius 1 is 1.33 bits per heavy atom. The predicted molar refractivity (Wildman–Crippen MR) is 63.4 cm³/mol. The van der Waals surface area contributed by atoms with Crippen molar-refractivity contribution in [3.8, 4) is 0 Å². The maximum atomic E-state index is 11.2. The quantitative estimate of drug-likeness (QED) is 0.700. The van der Waals surface area contributed by atoms with Gasteiger partial charge >= 0.3 is 5.97 Å². The van der Waals surface area contributed by atoms with Crippen LogP contribution in [-0.4, -0.2) is 37.1 Å². The van der Waals surface area contributed by atoms with Crippen molar-refractivity contribution in [3.05, 3.63) is 0 Å². The number of ether oxygens (including phenoxy) is 1. The molecule has 0 bridgehead atoms. The van der Waals surface area contributed by atoms with Gasteiger partial charge in [-0.15, -0.1) is 12.4 Å². The summed E-state index contributed by atoms with van der Waals surface area (Å²) in [5.41, 5.74) is 0. The molecule has 15 heavy (non-hydrogen) atoms. The fourth-order valence-electron chi connectivity index (χ4n) is 2.09. The van der Waals surface area contributed by atoms with Gasteiger partial charge < -0.3 is 4.74 Å². The van der Waals surface area contributed by atoms with E-state index in [2.05, 4.69) is 11.8 Å². The molecule has 0 radical (unpaired) electrons. The van der Waals surface area contributed by atoms with Crippen LogP contribution >= 0.6 is 12.4 Å². The topological polar surface area (TPSA) is 29.5 Å². The number of carbonyl (C=O) groups is 1. The number of halogens is 1. The Kier molecular flexibility index (Phi) is 7.79. The number of hydrogen-bond donors (Lipinski definition) is 0. The number of nitrogens with zero attached hydrogens (tertiary/aromatic N) is 1. The molecular formula is C11H22ClNO2. The summed E-state index contributed by atoms with van der Waals surface area (Å²) in [4.78, 5) is 13.6. The maximum absolute atomic E-state index is 11.2. The lowest BCUT2D eigenvalue weighted by atomic mass is 10.0. The zero-order valence-electron chi connectivity index (χ0n) is 9.70. The Balaban J connectivity index is 0.00000196. The van der Waals surface area contributed by atoms with Gasteiger partial charge in [-0.1, -0.05) is 13.3 Å². The molecule has 4 heteroatoms. The number of carbonyl (C=O) groups excluding carboxylic acids is 1. The van der Waals surface area contributed by atoms with Crippen LogP contribution in [0.2, 0.25) is 0 Å². The van der Waals surface area contributed by atoms with Crippen LogP contribution in [0.5, 0.6) is 0 Å². The molecule has 1 heterocycles. The van der Waals surface area contributed by atoms with Crippen molar-refractivity contribution in [1.82, 2.24) is 4.90 Å². The van der Waals surface area contributed by atoms with Crippen LogP contribution in [0, 0.1) is 0 Å². The third-order valence-corrected chi connectivity index (χ3v) is 3.01. The lowest BCUT2D eigenvalue weighted by molar-refractivity contribution is -0.142. The minimum absolute atomic E-state index is 0.